The molecule has 11 rings (SSSR count). The van der Waals surface area contributed by atoms with Gasteiger partial charge in [0.05, 0.1) is 0 Å². The molecule has 2 aliphatic carbocycles. The Kier molecular flexibility index (Phi) is 8.90. The molecular formula is C58H42N2. The molecule has 0 spiro atoms. The monoisotopic (exact) mass is 766 g/mol. The zero-order valence-electron chi connectivity index (χ0n) is 33.3. The number of anilines is 2. The van der Waals surface area contributed by atoms with E-state index in [-0.39, 0.29) is 0 Å². The number of fused-ring (bicyclic) bond motifs is 5. The molecule has 1 atom stereocenters. The van der Waals surface area contributed by atoms with Crippen LogP contribution in [0.1, 0.15) is 17.5 Å². The summed E-state index contributed by atoms with van der Waals surface area (Å²) in [6.45, 7) is 4.41. The number of benzene rings is 8. The van der Waals surface area contributed by atoms with Gasteiger partial charge in [0.25, 0.3) is 0 Å². The minimum atomic E-state index is 0.418. The van der Waals surface area contributed by atoms with Crippen molar-refractivity contribution >= 4 is 55.5 Å². The predicted octanol–water partition coefficient (Wildman–Crippen LogP) is 15.4. The summed E-state index contributed by atoms with van der Waals surface area (Å²) in [6, 6.07) is 57.9. The molecular weight excluding hydrogens is 725 g/mol. The lowest BCUT2D eigenvalue weighted by atomic mass is 9.78. The van der Waals surface area contributed by atoms with Crippen LogP contribution in [0.3, 0.4) is 0 Å². The van der Waals surface area contributed by atoms with Gasteiger partial charge < -0.3 is 4.90 Å². The average molecular weight is 767 g/mol. The van der Waals surface area contributed by atoms with E-state index in [0.717, 1.165) is 23.5 Å². The van der Waals surface area contributed by atoms with Crippen molar-refractivity contribution in [2.75, 3.05) is 4.90 Å². The van der Waals surface area contributed by atoms with Crippen molar-refractivity contribution < 1.29 is 0 Å². The Hall–Kier alpha value is -7.55. The molecule has 8 aromatic carbocycles. The van der Waals surface area contributed by atoms with Gasteiger partial charge in [0.15, 0.2) is 0 Å². The standard InChI is InChI=1S/C58H42N2/c1-39-34-36-59-37-35-44-38-43(30-33-56(44)60(39)45-16-3-2-4-17-45)48-32-31-47(49-19-7-8-20-50(48)49)41-26-28-42(29-27-41)57-52-21-9-11-23-54(52)58(55-24-12-10-22-53(55)57)51-25-13-15-40-14-5-6-18-46(40)51/h2-14,16-34,36-38,40H,1,15,35H2/b36-34-,59-37-. The second-order valence-electron chi connectivity index (χ2n) is 15.8. The maximum atomic E-state index is 4.56. The van der Waals surface area contributed by atoms with Crippen LogP contribution in [0, 0.1) is 5.92 Å². The van der Waals surface area contributed by atoms with Crippen LogP contribution < -0.4 is 4.90 Å². The van der Waals surface area contributed by atoms with Crippen LogP contribution in [-0.4, -0.2) is 6.21 Å². The SMILES string of the molecule is C=C1/C=C\N=C/Cc2cc(-c3ccc(-c4ccc(-c5c6ccccc6c(C6=C7C=CC=CC7CC=C6)c6ccccc56)cc4)c4ccccc34)ccc2N1c1ccccc1. The zero-order valence-corrected chi connectivity index (χ0v) is 33.3. The molecule has 0 saturated carbocycles. The van der Waals surface area contributed by atoms with Crippen molar-refractivity contribution in [2.45, 2.75) is 12.8 Å². The highest BCUT2D eigenvalue weighted by Gasteiger charge is 2.24. The Morgan fingerprint density at radius 2 is 1.13 bits per heavy atom. The minimum absolute atomic E-state index is 0.418. The van der Waals surface area contributed by atoms with Crippen molar-refractivity contribution in [1.29, 1.82) is 0 Å². The molecule has 0 bridgehead atoms. The third-order valence-corrected chi connectivity index (χ3v) is 12.4. The van der Waals surface area contributed by atoms with Crippen molar-refractivity contribution in [3.05, 3.63) is 235 Å². The molecule has 2 nitrogen and oxygen atoms in total. The van der Waals surface area contributed by atoms with Crippen LogP contribution in [0.4, 0.5) is 11.4 Å². The molecule has 1 heterocycles. The quantitative estimate of drug-likeness (QED) is 0.159. The van der Waals surface area contributed by atoms with Crippen LogP contribution in [0.5, 0.6) is 0 Å². The Balaban J connectivity index is 1.00. The molecule has 0 N–H and O–H groups in total. The minimum Gasteiger partial charge on any atom is -0.311 e. The number of allylic oxidation sites excluding steroid dienone is 9. The number of nitrogens with zero attached hydrogens (tertiary/aromatic N) is 2. The Labute approximate surface area is 351 Å². The van der Waals surface area contributed by atoms with E-state index in [1.807, 2.05) is 24.6 Å². The highest BCUT2D eigenvalue weighted by Crippen LogP contribution is 2.46. The lowest BCUT2D eigenvalue weighted by Gasteiger charge is -2.28. The van der Waals surface area contributed by atoms with Gasteiger partial charge in [-0.3, -0.25) is 4.99 Å². The average Bonchev–Trinajstić information content (AvgIpc) is 3.39. The number of hydrogen-bond acceptors (Lipinski definition) is 2. The van der Waals surface area contributed by atoms with E-state index in [0.29, 0.717) is 12.3 Å². The van der Waals surface area contributed by atoms with Gasteiger partial charge >= 0.3 is 0 Å². The van der Waals surface area contributed by atoms with E-state index in [2.05, 4.69) is 205 Å². The van der Waals surface area contributed by atoms with Gasteiger partial charge in [0.1, 0.15) is 0 Å². The van der Waals surface area contributed by atoms with Gasteiger partial charge in [-0.25, -0.2) is 0 Å². The summed E-state index contributed by atoms with van der Waals surface area (Å²) in [7, 11) is 0. The fourth-order valence-corrected chi connectivity index (χ4v) is 9.67. The molecule has 0 radical (unpaired) electrons. The molecule has 0 saturated heterocycles. The highest BCUT2D eigenvalue weighted by atomic mass is 15.1. The van der Waals surface area contributed by atoms with E-state index in [1.54, 1.807) is 0 Å². The lowest BCUT2D eigenvalue weighted by molar-refractivity contribution is 0.784. The second-order valence-corrected chi connectivity index (χ2v) is 15.8. The summed E-state index contributed by atoms with van der Waals surface area (Å²) in [6.07, 6.45) is 21.3. The smallest absolute Gasteiger partial charge is 0.0497 e. The van der Waals surface area contributed by atoms with Crippen molar-refractivity contribution in [3.8, 4) is 33.4 Å². The third kappa shape index (κ3) is 6.08. The topological polar surface area (TPSA) is 15.6 Å². The summed E-state index contributed by atoms with van der Waals surface area (Å²) in [5, 5.41) is 7.59. The first-order valence-corrected chi connectivity index (χ1v) is 20.9. The molecule has 1 aliphatic heterocycles. The van der Waals surface area contributed by atoms with E-state index in [1.165, 1.54) is 88.0 Å². The molecule has 8 aromatic rings. The van der Waals surface area contributed by atoms with Crippen LogP contribution in [-0.2, 0) is 6.42 Å². The Bertz CT molecular complexity index is 3150. The first-order chi connectivity index (χ1) is 29.7. The molecule has 60 heavy (non-hydrogen) atoms. The summed E-state index contributed by atoms with van der Waals surface area (Å²) in [5.74, 6) is 0.418. The number of para-hydroxylation sites is 1. The molecule has 0 aromatic heterocycles. The normalized spacial score (nSPS) is 17.0. The fraction of sp³-hybridized carbons (Fsp3) is 0.0517. The van der Waals surface area contributed by atoms with Crippen LogP contribution in [0.15, 0.2) is 229 Å². The van der Waals surface area contributed by atoms with Crippen LogP contribution >= 0.6 is 0 Å². The highest BCUT2D eigenvalue weighted by molar-refractivity contribution is 6.20. The molecule has 3 aliphatic rings. The van der Waals surface area contributed by atoms with E-state index in [9.17, 15) is 0 Å². The first kappa shape index (κ1) is 35.6. The van der Waals surface area contributed by atoms with Gasteiger partial charge in [-0.1, -0.05) is 176 Å². The maximum Gasteiger partial charge on any atom is 0.0497 e. The molecule has 0 amide bonds. The molecule has 284 valence electrons. The molecule has 0 fully saturated rings. The number of aliphatic imine (C=N–C) groups is 1. The van der Waals surface area contributed by atoms with Gasteiger partial charge in [-0.05, 0) is 125 Å². The van der Waals surface area contributed by atoms with Crippen LogP contribution in [0.2, 0.25) is 0 Å². The van der Waals surface area contributed by atoms with Crippen molar-refractivity contribution in [1.82, 2.24) is 0 Å². The first-order valence-electron chi connectivity index (χ1n) is 20.9. The maximum absolute atomic E-state index is 4.56. The summed E-state index contributed by atoms with van der Waals surface area (Å²) < 4.78 is 0. The Morgan fingerprint density at radius 1 is 0.533 bits per heavy atom. The second kappa shape index (κ2) is 15.0. The fourth-order valence-electron chi connectivity index (χ4n) is 9.67. The Morgan fingerprint density at radius 3 is 1.83 bits per heavy atom. The van der Waals surface area contributed by atoms with Gasteiger partial charge in [-0.2, -0.15) is 0 Å². The largest absolute Gasteiger partial charge is 0.311 e. The van der Waals surface area contributed by atoms with E-state index < -0.39 is 0 Å². The summed E-state index contributed by atoms with van der Waals surface area (Å²) in [4.78, 5) is 6.78. The van der Waals surface area contributed by atoms with Gasteiger partial charge in [-0.15, -0.1) is 0 Å². The number of rotatable bonds is 5. The van der Waals surface area contributed by atoms with Gasteiger partial charge in [0.2, 0.25) is 0 Å². The summed E-state index contributed by atoms with van der Waals surface area (Å²) >= 11 is 0. The van der Waals surface area contributed by atoms with Gasteiger partial charge in [0, 0.05) is 41.8 Å². The summed E-state index contributed by atoms with van der Waals surface area (Å²) in [5.41, 5.74) is 15.6. The predicted molar refractivity (Wildman–Crippen MR) is 257 cm³/mol. The zero-order chi connectivity index (χ0) is 40.0. The molecule has 1 unspecified atom stereocenters. The van der Waals surface area contributed by atoms with Crippen molar-refractivity contribution in [2.24, 2.45) is 10.9 Å². The molecule has 2 heteroatoms. The lowest BCUT2D eigenvalue weighted by Crippen LogP contribution is -2.16. The van der Waals surface area contributed by atoms with Crippen molar-refractivity contribution in [3.63, 3.8) is 0 Å². The van der Waals surface area contributed by atoms with E-state index >= 15 is 0 Å². The van der Waals surface area contributed by atoms with E-state index in [4.69, 9.17) is 0 Å². The third-order valence-electron chi connectivity index (χ3n) is 12.4. The van der Waals surface area contributed by atoms with Crippen LogP contribution in [0.25, 0.3) is 71.3 Å². The number of hydrogen-bond donors (Lipinski definition) is 0.